The number of benzene rings is 1. The molecule has 2 saturated heterocycles. The maximum Gasteiger partial charge on any atom is 0.321 e. The van der Waals surface area contributed by atoms with E-state index in [0.717, 1.165) is 5.56 Å². The van der Waals surface area contributed by atoms with Gasteiger partial charge < -0.3 is 9.47 Å². The largest absolute Gasteiger partial charge is 0.393 e. The first-order chi connectivity index (χ1) is 10.9. The van der Waals surface area contributed by atoms with Crippen molar-refractivity contribution in [2.45, 2.75) is 31.1 Å². The fraction of sp³-hybridized carbons (Fsp3) is 0.412. The zero-order chi connectivity index (χ0) is 16.4. The van der Waals surface area contributed by atoms with E-state index in [-0.39, 0.29) is 12.8 Å². The predicted octanol–water partition coefficient (Wildman–Crippen LogP) is 1.22. The molecule has 0 radical (unpaired) electrons. The summed E-state index contributed by atoms with van der Waals surface area (Å²) in [5.41, 5.74) is 0.767. The van der Waals surface area contributed by atoms with Crippen LogP contribution in [-0.4, -0.2) is 23.9 Å². The minimum absolute atomic E-state index is 0.00987. The minimum atomic E-state index is -0.745. The van der Waals surface area contributed by atoms with Crippen LogP contribution >= 0.6 is 0 Å². The topological polar surface area (TPSA) is 86.7 Å². The van der Waals surface area contributed by atoms with Crippen LogP contribution in [0.5, 0.6) is 0 Å². The standard InChI is InChI=1S/C17H14O6/c1-17(11-6-12(18)22-15(11)20)7-9-13(16(21)23-14(9)19)8-4-2-3-5-10(8)17/h2-5,9,11,13H,6-7H2,1H3. The third-order valence-corrected chi connectivity index (χ3v) is 5.35. The van der Waals surface area contributed by atoms with Crippen molar-refractivity contribution < 1.29 is 28.7 Å². The van der Waals surface area contributed by atoms with Gasteiger partial charge in [0.2, 0.25) is 0 Å². The molecule has 3 aliphatic rings. The summed E-state index contributed by atoms with van der Waals surface area (Å²) >= 11 is 0. The number of ether oxygens (including phenoxy) is 2. The highest BCUT2D eigenvalue weighted by Gasteiger charge is 2.58. The van der Waals surface area contributed by atoms with Crippen molar-refractivity contribution in [3.8, 4) is 0 Å². The van der Waals surface area contributed by atoms with Crippen molar-refractivity contribution in [1.82, 2.24) is 0 Å². The second kappa shape index (κ2) is 4.50. The normalized spacial score (nSPS) is 35.6. The molecule has 4 unspecified atom stereocenters. The van der Waals surface area contributed by atoms with Gasteiger partial charge in [-0.05, 0) is 17.5 Å². The van der Waals surface area contributed by atoms with Gasteiger partial charge in [-0.25, -0.2) is 0 Å². The average molecular weight is 314 g/mol. The average Bonchev–Trinajstić information content (AvgIpc) is 2.99. The molecule has 4 rings (SSSR count). The van der Waals surface area contributed by atoms with Gasteiger partial charge in [0.25, 0.3) is 0 Å². The molecule has 1 aliphatic carbocycles. The van der Waals surface area contributed by atoms with Gasteiger partial charge in [0.05, 0.1) is 24.2 Å². The van der Waals surface area contributed by atoms with Crippen LogP contribution in [-0.2, 0) is 34.1 Å². The smallest absolute Gasteiger partial charge is 0.321 e. The summed E-state index contributed by atoms with van der Waals surface area (Å²) in [6.45, 7) is 1.85. The van der Waals surface area contributed by atoms with Gasteiger partial charge in [-0.1, -0.05) is 31.2 Å². The van der Waals surface area contributed by atoms with Gasteiger partial charge in [-0.3, -0.25) is 19.2 Å². The molecule has 2 aliphatic heterocycles. The molecule has 0 bridgehead atoms. The van der Waals surface area contributed by atoms with E-state index in [9.17, 15) is 19.2 Å². The fourth-order valence-corrected chi connectivity index (χ4v) is 4.23. The van der Waals surface area contributed by atoms with Crippen molar-refractivity contribution in [3.63, 3.8) is 0 Å². The zero-order valence-corrected chi connectivity index (χ0v) is 12.4. The highest BCUT2D eigenvalue weighted by atomic mass is 16.6. The Morgan fingerprint density at radius 2 is 1.74 bits per heavy atom. The lowest BCUT2D eigenvalue weighted by atomic mass is 9.58. The molecule has 0 saturated carbocycles. The Labute approximate surface area is 131 Å². The molecule has 1 aromatic rings. The van der Waals surface area contributed by atoms with E-state index in [1.807, 2.05) is 19.1 Å². The number of fused-ring (bicyclic) bond motifs is 3. The molecule has 2 fully saturated rings. The number of carbonyl (C=O) groups is 4. The van der Waals surface area contributed by atoms with Crippen LogP contribution in [0.4, 0.5) is 0 Å². The van der Waals surface area contributed by atoms with Crippen molar-refractivity contribution in [1.29, 1.82) is 0 Å². The SMILES string of the molecule is CC1(C2CC(=O)OC2=O)CC2C(=O)OC(=O)C2c2ccccc21. The number of esters is 4. The van der Waals surface area contributed by atoms with Crippen molar-refractivity contribution in [3.05, 3.63) is 35.4 Å². The molecule has 1 aromatic carbocycles. The molecule has 0 N–H and O–H groups in total. The van der Waals surface area contributed by atoms with E-state index in [2.05, 4.69) is 0 Å². The summed E-state index contributed by atoms with van der Waals surface area (Å²) in [5, 5.41) is 0. The number of hydrogen-bond donors (Lipinski definition) is 0. The van der Waals surface area contributed by atoms with Crippen LogP contribution < -0.4 is 0 Å². The van der Waals surface area contributed by atoms with Crippen LogP contribution in [0.1, 0.15) is 36.8 Å². The maximum absolute atomic E-state index is 12.1. The lowest BCUT2D eigenvalue weighted by Crippen LogP contribution is -2.43. The molecule has 6 nitrogen and oxygen atoms in total. The van der Waals surface area contributed by atoms with E-state index in [4.69, 9.17) is 9.47 Å². The van der Waals surface area contributed by atoms with E-state index in [1.54, 1.807) is 12.1 Å². The molecule has 4 atom stereocenters. The van der Waals surface area contributed by atoms with Crippen molar-refractivity contribution in [2.24, 2.45) is 11.8 Å². The molecule has 118 valence electrons. The first-order valence-electron chi connectivity index (χ1n) is 7.51. The monoisotopic (exact) mass is 314 g/mol. The van der Waals surface area contributed by atoms with Gasteiger partial charge >= 0.3 is 23.9 Å². The summed E-state index contributed by atoms with van der Waals surface area (Å²) < 4.78 is 9.51. The van der Waals surface area contributed by atoms with E-state index < -0.39 is 47.0 Å². The number of rotatable bonds is 1. The van der Waals surface area contributed by atoms with E-state index >= 15 is 0 Å². The van der Waals surface area contributed by atoms with Gasteiger partial charge in [0.15, 0.2) is 0 Å². The molecule has 23 heavy (non-hydrogen) atoms. The van der Waals surface area contributed by atoms with Gasteiger partial charge in [-0.15, -0.1) is 0 Å². The predicted molar refractivity (Wildman–Crippen MR) is 74.9 cm³/mol. The van der Waals surface area contributed by atoms with Crippen LogP contribution in [0.15, 0.2) is 24.3 Å². The summed E-state index contributed by atoms with van der Waals surface area (Å²) in [6, 6.07) is 7.24. The zero-order valence-electron chi connectivity index (χ0n) is 12.4. The second-order valence-electron chi connectivity index (χ2n) is 6.58. The molecule has 2 heterocycles. The van der Waals surface area contributed by atoms with Crippen LogP contribution in [0.3, 0.4) is 0 Å². The van der Waals surface area contributed by atoms with E-state index in [1.165, 1.54) is 0 Å². The molecule has 0 spiro atoms. The van der Waals surface area contributed by atoms with Crippen molar-refractivity contribution in [2.75, 3.05) is 0 Å². The molecule has 0 aromatic heterocycles. The Kier molecular flexibility index (Phi) is 2.76. The van der Waals surface area contributed by atoms with Gasteiger partial charge in [-0.2, -0.15) is 0 Å². The third kappa shape index (κ3) is 1.81. The number of hydrogen-bond acceptors (Lipinski definition) is 6. The highest BCUT2D eigenvalue weighted by Crippen LogP contribution is 2.54. The third-order valence-electron chi connectivity index (χ3n) is 5.35. The minimum Gasteiger partial charge on any atom is -0.393 e. The maximum atomic E-state index is 12.1. The first kappa shape index (κ1) is 14.1. The summed E-state index contributed by atoms with van der Waals surface area (Å²) in [7, 11) is 0. The van der Waals surface area contributed by atoms with Crippen LogP contribution in [0.25, 0.3) is 0 Å². The molecular weight excluding hydrogens is 300 g/mol. The summed E-state index contributed by atoms with van der Waals surface area (Å²) in [6.07, 6.45) is 0.274. The summed E-state index contributed by atoms with van der Waals surface area (Å²) in [4.78, 5) is 47.7. The Hall–Kier alpha value is -2.50. The van der Waals surface area contributed by atoms with Gasteiger partial charge in [0.1, 0.15) is 0 Å². The van der Waals surface area contributed by atoms with Gasteiger partial charge in [0, 0.05) is 5.41 Å². The molecular formula is C17H14O6. The Morgan fingerprint density at radius 3 is 2.43 bits per heavy atom. The lowest BCUT2D eigenvalue weighted by Gasteiger charge is -2.41. The number of carbonyl (C=O) groups excluding carboxylic acids is 4. The van der Waals surface area contributed by atoms with Crippen molar-refractivity contribution >= 4 is 23.9 Å². The Bertz CT molecular complexity index is 766. The molecule has 6 heteroatoms. The lowest BCUT2D eigenvalue weighted by molar-refractivity contribution is -0.156. The quantitative estimate of drug-likeness (QED) is 0.572. The first-order valence-corrected chi connectivity index (χ1v) is 7.51. The fourth-order valence-electron chi connectivity index (χ4n) is 4.23. The Balaban J connectivity index is 1.89. The van der Waals surface area contributed by atoms with E-state index in [0.29, 0.717) is 5.56 Å². The van der Waals surface area contributed by atoms with Crippen LogP contribution in [0, 0.1) is 11.8 Å². The second-order valence-corrected chi connectivity index (χ2v) is 6.58. The Morgan fingerprint density at radius 1 is 1.00 bits per heavy atom. The summed E-state index contributed by atoms with van der Waals surface area (Å²) in [5.74, 6) is -4.11. The van der Waals surface area contributed by atoms with Crippen LogP contribution in [0.2, 0.25) is 0 Å². The highest BCUT2D eigenvalue weighted by molar-refractivity contribution is 6.01. The number of cyclic esters (lactones) is 4. The molecule has 0 amide bonds.